The lowest BCUT2D eigenvalue weighted by molar-refractivity contribution is -0.123. The molecule has 1 aliphatic rings. The zero-order chi connectivity index (χ0) is 17.6. The summed E-state index contributed by atoms with van der Waals surface area (Å²) in [5.41, 5.74) is 3.13. The Labute approximate surface area is 149 Å². The molecule has 0 aliphatic carbocycles. The molecule has 2 heterocycles. The number of nitrogens with one attached hydrogen (secondary N) is 1. The fourth-order valence-electron chi connectivity index (χ4n) is 3.12. The molecule has 1 aliphatic heterocycles. The predicted molar refractivity (Wildman–Crippen MR) is 97.5 cm³/mol. The number of rotatable bonds is 5. The zero-order valence-electron chi connectivity index (χ0n) is 14.9. The van der Waals surface area contributed by atoms with Crippen LogP contribution in [0.4, 0.5) is 0 Å². The predicted octanol–water partition coefficient (Wildman–Crippen LogP) is 2.33. The number of hydrogen-bond donors (Lipinski definition) is 1. The van der Waals surface area contributed by atoms with E-state index in [0.29, 0.717) is 13.2 Å². The van der Waals surface area contributed by atoms with Gasteiger partial charge in [-0.15, -0.1) is 0 Å². The van der Waals surface area contributed by atoms with Crippen molar-refractivity contribution in [1.82, 2.24) is 15.2 Å². The lowest BCUT2D eigenvalue weighted by Crippen LogP contribution is -2.42. The molecular formula is C20H25N3O2. The highest BCUT2D eigenvalue weighted by atomic mass is 16.5. The Balaban J connectivity index is 1.52. The number of para-hydroxylation sites is 1. The van der Waals surface area contributed by atoms with Gasteiger partial charge >= 0.3 is 0 Å². The van der Waals surface area contributed by atoms with Crippen LogP contribution in [0.5, 0.6) is 5.75 Å². The normalized spacial score (nSPS) is 15.6. The van der Waals surface area contributed by atoms with Crippen LogP contribution in [-0.2, 0) is 17.8 Å². The molecule has 132 valence electrons. The highest BCUT2D eigenvalue weighted by Crippen LogP contribution is 2.22. The first-order chi connectivity index (χ1) is 12.1. The van der Waals surface area contributed by atoms with Gasteiger partial charge in [-0.05, 0) is 32.0 Å². The van der Waals surface area contributed by atoms with Crippen LogP contribution in [0.15, 0.2) is 42.5 Å². The molecule has 0 unspecified atom stereocenters. The van der Waals surface area contributed by atoms with Crippen LogP contribution >= 0.6 is 0 Å². The van der Waals surface area contributed by atoms with Crippen LogP contribution in [0.1, 0.15) is 23.9 Å². The SMILES string of the molecule is Cc1cccc(C[C@@H](C)NC(=O)CN2CCOc3ccccc3C2)n1. The summed E-state index contributed by atoms with van der Waals surface area (Å²) in [6.07, 6.45) is 0.735. The minimum Gasteiger partial charge on any atom is -0.492 e. The number of nitrogens with zero attached hydrogens (tertiary/aromatic N) is 2. The van der Waals surface area contributed by atoms with Gasteiger partial charge in [0.25, 0.3) is 0 Å². The first-order valence-corrected chi connectivity index (χ1v) is 8.75. The van der Waals surface area contributed by atoms with Gasteiger partial charge in [0.05, 0.1) is 6.54 Å². The summed E-state index contributed by atoms with van der Waals surface area (Å²) in [5.74, 6) is 0.962. The summed E-state index contributed by atoms with van der Waals surface area (Å²) in [6, 6.07) is 14.0. The number of hydrogen-bond acceptors (Lipinski definition) is 4. The maximum Gasteiger partial charge on any atom is 0.234 e. The van der Waals surface area contributed by atoms with Crippen molar-refractivity contribution in [2.45, 2.75) is 32.9 Å². The van der Waals surface area contributed by atoms with Crippen molar-refractivity contribution in [3.8, 4) is 5.75 Å². The Bertz CT molecular complexity index is 732. The monoisotopic (exact) mass is 339 g/mol. The van der Waals surface area contributed by atoms with Crippen molar-refractivity contribution < 1.29 is 9.53 Å². The number of pyridine rings is 1. The maximum absolute atomic E-state index is 12.4. The third-order valence-electron chi connectivity index (χ3n) is 4.27. The maximum atomic E-state index is 12.4. The third kappa shape index (κ3) is 5.03. The summed E-state index contributed by atoms with van der Waals surface area (Å²) in [6.45, 7) is 6.46. The van der Waals surface area contributed by atoms with Gasteiger partial charge in [0.1, 0.15) is 12.4 Å². The Kier molecular flexibility index (Phi) is 5.66. The lowest BCUT2D eigenvalue weighted by atomic mass is 10.1. The molecule has 1 atom stereocenters. The molecule has 5 nitrogen and oxygen atoms in total. The van der Waals surface area contributed by atoms with Crippen LogP contribution in [0.2, 0.25) is 0 Å². The average molecular weight is 339 g/mol. The number of carbonyl (C=O) groups excluding carboxylic acids is 1. The molecule has 0 spiro atoms. The van der Waals surface area contributed by atoms with Gasteiger partial charge in [-0.2, -0.15) is 0 Å². The second kappa shape index (κ2) is 8.12. The summed E-state index contributed by atoms with van der Waals surface area (Å²) in [7, 11) is 0. The van der Waals surface area contributed by atoms with Gasteiger partial charge in [-0.3, -0.25) is 14.7 Å². The number of aryl methyl sites for hydroxylation is 1. The van der Waals surface area contributed by atoms with Crippen molar-refractivity contribution >= 4 is 5.91 Å². The van der Waals surface area contributed by atoms with E-state index in [0.717, 1.165) is 42.2 Å². The van der Waals surface area contributed by atoms with Gasteiger partial charge in [0.2, 0.25) is 5.91 Å². The van der Waals surface area contributed by atoms with E-state index in [1.165, 1.54) is 0 Å². The van der Waals surface area contributed by atoms with E-state index in [1.54, 1.807) is 0 Å². The van der Waals surface area contributed by atoms with E-state index in [4.69, 9.17) is 4.74 Å². The second-order valence-corrected chi connectivity index (χ2v) is 6.61. The molecular weight excluding hydrogens is 314 g/mol. The van der Waals surface area contributed by atoms with E-state index in [2.05, 4.69) is 21.3 Å². The Morgan fingerprint density at radius 1 is 1.28 bits per heavy atom. The Morgan fingerprint density at radius 2 is 2.12 bits per heavy atom. The van der Waals surface area contributed by atoms with Crippen LogP contribution in [0, 0.1) is 6.92 Å². The van der Waals surface area contributed by atoms with Crippen molar-refractivity contribution in [3.05, 3.63) is 59.4 Å². The van der Waals surface area contributed by atoms with Crippen molar-refractivity contribution in [3.63, 3.8) is 0 Å². The largest absolute Gasteiger partial charge is 0.492 e. The third-order valence-corrected chi connectivity index (χ3v) is 4.27. The second-order valence-electron chi connectivity index (χ2n) is 6.61. The molecule has 2 aromatic rings. The van der Waals surface area contributed by atoms with Gasteiger partial charge in [0, 0.05) is 42.5 Å². The molecule has 25 heavy (non-hydrogen) atoms. The Morgan fingerprint density at radius 3 is 2.96 bits per heavy atom. The number of benzene rings is 1. The molecule has 0 saturated heterocycles. The molecule has 1 amide bonds. The number of amides is 1. The van der Waals surface area contributed by atoms with Gasteiger partial charge in [-0.25, -0.2) is 0 Å². The van der Waals surface area contributed by atoms with Crippen molar-refractivity contribution in [2.24, 2.45) is 0 Å². The highest BCUT2D eigenvalue weighted by molar-refractivity contribution is 5.78. The van der Waals surface area contributed by atoms with E-state index >= 15 is 0 Å². The molecule has 0 bridgehead atoms. The average Bonchev–Trinajstić information content (AvgIpc) is 2.76. The first kappa shape index (κ1) is 17.4. The first-order valence-electron chi connectivity index (χ1n) is 8.75. The van der Waals surface area contributed by atoms with Crippen molar-refractivity contribution in [1.29, 1.82) is 0 Å². The van der Waals surface area contributed by atoms with Crippen LogP contribution in [0.3, 0.4) is 0 Å². The molecule has 1 aromatic carbocycles. The molecule has 3 rings (SSSR count). The van der Waals surface area contributed by atoms with E-state index in [1.807, 2.05) is 50.2 Å². The van der Waals surface area contributed by atoms with Gasteiger partial charge < -0.3 is 10.1 Å². The zero-order valence-corrected chi connectivity index (χ0v) is 14.9. The summed E-state index contributed by atoms with van der Waals surface area (Å²) in [5, 5.41) is 3.08. The number of carbonyl (C=O) groups is 1. The van der Waals surface area contributed by atoms with Crippen molar-refractivity contribution in [2.75, 3.05) is 19.7 Å². The molecule has 0 radical (unpaired) electrons. The van der Waals surface area contributed by atoms with Crippen LogP contribution in [-0.4, -0.2) is 41.5 Å². The van der Waals surface area contributed by atoms with Crippen LogP contribution < -0.4 is 10.1 Å². The van der Waals surface area contributed by atoms with E-state index in [9.17, 15) is 4.79 Å². The Hall–Kier alpha value is -2.40. The summed E-state index contributed by atoms with van der Waals surface area (Å²) >= 11 is 0. The minimum absolute atomic E-state index is 0.0412. The topological polar surface area (TPSA) is 54.5 Å². The smallest absolute Gasteiger partial charge is 0.234 e. The van der Waals surface area contributed by atoms with E-state index in [-0.39, 0.29) is 11.9 Å². The van der Waals surface area contributed by atoms with Gasteiger partial charge in [0.15, 0.2) is 0 Å². The lowest BCUT2D eigenvalue weighted by Gasteiger charge is -2.20. The molecule has 0 saturated carbocycles. The number of aromatic nitrogens is 1. The highest BCUT2D eigenvalue weighted by Gasteiger charge is 2.18. The van der Waals surface area contributed by atoms with Gasteiger partial charge in [-0.1, -0.05) is 24.3 Å². The minimum atomic E-state index is 0.0412. The summed E-state index contributed by atoms with van der Waals surface area (Å²) in [4.78, 5) is 19.0. The standard InChI is InChI=1S/C20H25N3O2/c1-15-6-5-8-18(21-15)12-16(2)22-20(24)14-23-10-11-25-19-9-4-3-7-17(19)13-23/h3-9,16H,10-14H2,1-2H3,(H,22,24)/t16-/m1/s1. The molecule has 1 N–H and O–H groups in total. The quantitative estimate of drug-likeness (QED) is 0.908. The number of fused-ring (bicyclic) bond motifs is 1. The fourth-order valence-corrected chi connectivity index (χ4v) is 3.12. The fraction of sp³-hybridized carbons (Fsp3) is 0.400. The molecule has 0 fully saturated rings. The molecule has 5 heteroatoms. The molecule has 1 aromatic heterocycles. The number of ether oxygens (including phenoxy) is 1. The van der Waals surface area contributed by atoms with Crippen LogP contribution in [0.25, 0.3) is 0 Å². The summed E-state index contributed by atoms with van der Waals surface area (Å²) < 4.78 is 5.75. The van der Waals surface area contributed by atoms with E-state index < -0.39 is 0 Å².